The molecule has 0 unspecified atom stereocenters. The summed E-state index contributed by atoms with van der Waals surface area (Å²) in [7, 11) is 4.76. The van der Waals surface area contributed by atoms with Crippen molar-refractivity contribution >= 4 is 0 Å². The largest absolute Gasteiger partial charge is 0.502 e. The molecule has 0 aliphatic rings. The van der Waals surface area contributed by atoms with Gasteiger partial charge in [-0.3, -0.25) is 0 Å². The molecule has 17 heavy (non-hydrogen) atoms. The van der Waals surface area contributed by atoms with Crippen LogP contribution in [0.15, 0.2) is 12.1 Å². The third-order valence-corrected chi connectivity index (χ3v) is 2.60. The molecule has 96 valence electrons. The number of aryl methyl sites for hydroxylation is 1. The van der Waals surface area contributed by atoms with Gasteiger partial charge < -0.3 is 19.3 Å². The molecule has 0 radical (unpaired) electrons. The van der Waals surface area contributed by atoms with E-state index in [4.69, 9.17) is 14.2 Å². The van der Waals surface area contributed by atoms with Gasteiger partial charge in [0.2, 0.25) is 5.75 Å². The van der Waals surface area contributed by atoms with Crippen molar-refractivity contribution in [2.45, 2.75) is 19.3 Å². The molecule has 0 spiro atoms. The monoisotopic (exact) mass is 240 g/mol. The molecule has 0 aromatic heterocycles. The van der Waals surface area contributed by atoms with Crippen molar-refractivity contribution in [1.29, 1.82) is 0 Å². The molecule has 0 fully saturated rings. The molecular formula is C13H20O4. The Kier molecular flexibility index (Phi) is 5.63. The van der Waals surface area contributed by atoms with E-state index >= 15 is 0 Å². The van der Waals surface area contributed by atoms with Crippen molar-refractivity contribution in [1.82, 2.24) is 0 Å². The molecule has 1 aromatic rings. The molecule has 0 saturated heterocycles. The summed E-state index contributed by atoms with van der Waals surface area (Å²) in [4.78, 5) is 0. The van der Waals surface area contributed by atoms with Crippen LogP contribution >= 0.6 is 0 Å². The van der Waals surface area contributed by atoms with Gasteiger partial charge >= 0.3 is 0 Å². The van der Waals surface area contributed by atoms with E-state index in [0.29, 0.717) is 11.5 Å². The molecule has 0 heterocycles. The number of hydrogen-bond donors (Lipinski definition) is 1. The van der Waals surface area contributed by atoms with E-state index in [-0.39, 0.29) is 5.75 Å². The Morgan fingerprint density at radius 2 is 1.59 bits per heavy atom. The summed E-state index contributed by atoms with van der Waals surface area (Å²) in [6.07, 6.45) is 2.96. The number of hydrogen-bond acceptors (Lipinski definition) is 4. The molecule has 0 bridgehead atoms. The fraction of sp³-hybridized carbons (Fsp3) is 0.538. The zero-order valence-corrected chi connectivity index (χ0v) is 10.7. The Hall–Kier alpha value is -1.42. The first-order valence-corrected chi connectivity index (χ1v) is 5.65. The maximum Gasteiger partial charge on any atom is 0.200 e. The third kappa shape index (κ3) is 3.82. The van der Waals surface area contributed by atoms with Gasteiger partial charge in [0.05, 0.1) is 14.2 Å². The van der Waals surface area contributed by atoms with Gasteiger partial charge in [-0.05, 0) is 37.0 Å². The van der Waals surface area contributed by atoms with E-state index in [1.807, 2.05) is 12.1 Å². The lowest BCUT2D eigenvalue weighted by Crippen LogP contribution is -1.95. The second kappa shape index (κ2) is 7.01. The van der Waals surface area contributed by atoms with Crippen molar-refractivity contribution in [2.75, 3.05) is 27.9 Å². The van der Waals surface area contributed by atoms with E-state index < -0.39 is 0 Å². The number of ether oxygens (including phenoxy) is 3. The summed E-state index contributed by atoms with van der Waals surface area (Å²) in [6.45, 7) is 0.770. The lowest BCUT2D eigenvalue weighted by atomic mass is 10.1. The molecule has 0 aliphatic carbocycles. The lowest BCUT2D eigenvalue weighted by molar-refractivity contribution is 0.193. The maximum absolute atomic E-state index is 9.75. The van der Waals surface area contributed by atoms with Crippen molar-refractivity contribution in [3.8, 4) is 17.2 Å². The lowest BCUT2D eigenvalue weighted by Gasteiger charge is -2.11. The molecule has 0 aliphatic heterocycles. The topological polar surface area (TPSA) is 47.9 Å². The van der Waals surface area contributed by atoms with Crippen LogP contribution in [0.5, 0.6) is 17.2 Å². The third-order valence-electron chi connectivity index (χ3n) is 2.60. The normalized spacial score (nSPS) is 10.3. The number of unbranched alkanes of at least 4 members (excludes halogenated alkanes) is 1. The first-order valence-electron chi connectivity index (χ1n) is 5.65. The molecule has 0 atom stereocenters. The molecule has 1 rings (SSSR count). The second-order valence-corrected chi connectivity index (χ2v) is 3.80. The van der Waals surface area contributed by atoms with Gasteiger partial charge in [-0.15, -0.1) is 0 Å². The Bertz CT molecular complexity index is 324. The Labute approximate surface area is 102 Å². The van der Waals surface area contributed by atoms with Crippen LogP contribution in [-0.4, -0.2) is 33.0 Å². The van der Waals surface area contributed by atoms with Gasteiger partial charge in [0, 0.05) is 13.7 Å². The number of phenolic OH excluding ortho intramolecular Hbond substituents is 1. The standard InChI is InChI=1S/C13H20O4/c1-15-7-5-4-6-10-8-11(16-2)13(14)12(9-10)17-3/h8-9,14H,4-7H2,1-3H3. The first kappa shape index (κ1) is 13.6. The minimum atomic E-state index is 0.0515. The highest BCUT2D eigenvalue weighted by atomic mass is 16.5. The molecule has 4 nitrogen and oxygen atoms in total. The smallest absolute Gasteiger partial charge is 0.200 e. The van der Waals surface area contributed by atoms with Crippen LogP contribution in [0.25, 0.3) is 0 Å². The zero-order valence-electron chi connectivity index (χ0n) is 10.7. The number of aromatic hydroxyl groups is 1. The predicted molar refractivity (Wildman–Crippen MR) is 66.0 cm³/mol. The van der Waals surface area contributed by atoms with Gasteiger partial charge in [0.25, 0.3) is 0 Å². The number of benzene rings is 1. The average Bonchev–Trinajstić information content (AvgIpc) is 2.36. The zero-order chi connectivity index (χ0) is 12.7. The van der Waals surface area contributed by atoms with Crippen molar-refractivity contribution in [3.63, 3.8) is 0 Å². The van der Waals surface area contributed by atoms with E-state index in [9.17, 15) is 5.11 Å². The number of rotatable bonds is 7. The van der Waals surface area contributed by atoms with Crippen molar-refractivity contribution in [2.24, 2.45) is 0 Å². The molecule has 4 heteroatoms. The minimum Gasteiger partial charge on any atom is -0.502 e. The van der Waals surface area contributed by atoms with Crippen LogP contribution in [0.3, 0.4) is 0 Å². The first-order chi connectivity index (χ1) is 8.22. The van der Waals surface area contributed by atoms with E-state index in [0.717, 1.165) is 31.4 Å². The minimum absolute atomic E-state index is 0.0515. The van der Waals surface area contributed by atoms with Gasteiger partial charge in [-0.25, -0.2) is 0 Å². The van der Waals surface area contributed by atoms with Crippen LogP contribution in [0.4, 0.5) is 0 Å². The molecule has 1 aromatic carbocycles. The fourth-order valence-corrected chi connectivity index (χ4v) is 1.67. The summed E-state index contributed by atoms with van der Waals surface area (Å²) in [6, 6.07) is 3.68. The van der Waals surface area contributed by atoms with Gasteiger partial charge in [0.1, 0.15) is 0 Å². The van der Waals surface area contributed by atoms with Gasteiger partial charge in [-0.2, -0.15) is 0 Å². The molecular weight excluding hydrogens is 220 g/mol. The summed E-state index contributed by atoms with van der Waals surface area (Å²) < 4.78 is 15.2. The highest BCUT2D eigenvalue weighted by molar-refractivity contribution is 5.52. The number of phenols is 1. The number of methoxy groups -OCH3 is 3. The van der Waals surface area contributed by atoms with Crippen LogP contribution in [0.1, 0.15) is 18.4 Å². The second-order valence-electron chi connectivity index (χ2n) is 3.80. The summed E-state index contributed by atoms with van der Waals surface area (Å²) in [5.74, 6) is 0.952. The Balaban J connectivity index is 2.71. The van der Waals surface area contributed by atoms with Crippen LogP contribution in [0, 0.1) is 0 Å². The highest BCUT2D eigenvalue weighted by Crippen LogP contribution is 2.37. The summed E-state index contributed by atoms with van der Waals surface area (Å²) in [5.41, 5.74) is 1.09. The fourth-order valence-electron chi connectivity index (χ4n) is 1.67. The van der Waals surface area contributed by atoms with E-state index in [1.165, 1.54) is 14.2 Å². The average molecular weight is 240 g/mol. The van der Waals surface area contributed by atoms with Crippen molar-refractivity contribution < 1.29 is 19.3 Å². The van der Waals surface area contributed by atoms with Crippen LogP contribution in [0.2, 0.25) is 0 Å². The van der Waals surface area contributed by atoms with E-state index in [1.54, 1.807) is 7.11 Å². The Morgan fingerprint density at radius 1 is 1.00 bits per heavy atom. The summed E-state index contributed by atoms with van der Waals surface area (Å²) >= 11 is 0. The van der Waals surface area contributed by atoms with Crippen molar-refractivity contribution in [3.05, 3.63) is 17.7 Å². The van der Waals surface area contributed by atoms with Gasteiger partial charge in [-0.1, -0.05) is 0 Å². The van der Waals surface area contributed by atoms with E-state index in [2.05, 4.69) is 0 Å². The highest BCUT2D eigenvalue weighted by Gasteiger charge is 2.10. The SMILES string of the molecule is COCCCCc1cc(OC)c(O)c(OC)c1. The Morgan fingerprint density at radius 3 is 2.06 bits per heavy atom. The predicted octanol–water partition coefficient (Wildman–Crippen LogP) is 2.38. The maximum atomic E-state index is 9.75. The summed E-state index contributed by atoms with van der Waals surface area (Å²) in [5, 5.41) is 9.75. The van der Waals surface area contributed by atoms with Crippen LogP contribution < -0.4 is 9.47 Å². The quantitative estimate of drug-likeness (QED) is 0.743. The molecule has 0 saturated carbocycles. The molecule has 0 amide bonds. The molecule has 1 N–H and O–H groups in total. The van der Waals surface area contributed by atoms with Gasteiger partial charge in [0.15, 0.2) is 11.5 Å². The van der Waals surface area contributed by atoms with Crippen LogP contribution in [-0.2, 0) is 11.2 Å².